The summed E-state index contributed by atoms with van der Waals surface area (Å²) in [7, 11) is 0. The van der Waals surface area contributed by atoms with Crippen LogP contribution in [0.2, 0.25) is 5.02 Å². The van der Waals surface area contributed by atoms with Crippen molar-refractivity contribution in [2.75, 3.05) is 0 Å². The van der Waals surface area contributed by atoms with Gasteiger partial charge < -0.3 is 0 Å². The Labute approximate surface area is 68.6 Å². The second-order valence-corrected chi connectivity index (χ2v) is 2.75. The van der Waals surface area contributed by atoms with E-state index < -0.39 is 0 Å². The minimum atomic E-state index is 0.633. The van der Waals surface area contributed by atoms with Crippen LogP contribution in [0.3, 0.4) is 0 Å². The molecule has 2 aromatic heterocycles. The quantitative estimate of drug-likeness (QED) is 0.598. The van der Waals surface area contributed by atoms with Crippen LogP contribution in [0.25, 0.3) is 5.65 Å². The van der Waals surface area contributed by atoms with Gasteiger partial charge in [0.1, 0.15) is 6.33 Å². The number of rotatable bonds is 0. The zero-order valence-corrected chi connectivity index (χ0v) is 6.71. The lowest BCUT2D eigenvalue weighted by molar-refractivity contribution is 1.07. The molecule has 0 saturated carbocycles. The van der Waals surface area contributed by atoms with Crippen LogP contribution in [0.5, 0.6) is 0 Å². The van der Waals surface area contributed by atoms with Gasteiger partial charge >= 0.3 is 0 Å². The van der Waals surface area contributed by atoms with E-state index in [1.807, 2.05) is 23.5 Å². The Kier molecular flexibility index (Phi) is 1.32. The smallest absolute Gasteiger partial charge is 0.179 e. The molecule has 3 nitrogen and oxygen atoms in total. The van der Waals surface area contributed by atoms with Gasteiger partial charge in [0.2, 0.25) is 0 Å². The summed E-state index contributed by atoms with van der Waals surface area (Å²) in [5.74, 6) is 0. The van der Waals surface area contributed by atoms with Crippen LogP contribution < -0.4 is 0 Å². The largest absolute Gasteiger partial charge is 0.285 e. The van der Waals surface area contributed by atoms with Crippen molar-refractivity contribution in [3.05, 3.63) is 29.2 Å². The molecule has 56 valence electrons. The van der Waals surface area contributed by atoms with E-state index in [9.17, 15) is 0 Å². The van der Waals surface area contributed by atoms with Crippen LogP contribution in [0, 0.1) is 6.92 Å². The van der Waals surface area contributed by atoms with Crippen LogP contribution in [-0.2, 0) is 0 Å². The van der Waals surface area contributed by atoms with Crippen molar-refractivity contribution in [3.8, 4) is 0 Å². The van der Waals surface area contributed by atoms with E-state index in [2.05, 4.69) is 10.2 Å². The van der Waals surface area contributed by atoms with Gasteiger partial charge in [-0.25, -0.2) is 0 Å². The van der Waals surface area contributed by atoms with E-state index >= 15 is 0 Å². The van der Waals surface area contributed by atoms with Crippen molar-refractivity contribution >= 4 is 17.2 Å². The van der Waals surface area contributed by atoms with Crippen LogP contribution >= 0.6 is 11.6 Å². The molecule has 2 rings (SSSR count). The molecule has 0 aliphatic rings. The van der Waals surface area contributed by atoms with Crippen molar-refractivity contribution < 1.29 is 0 Å². The minimum absolute atomic E-state index is 0.633. The van der Waals surface area contributed by atoms with Gasteiger partial charge in [0.25, 0.3) is 0 Å². The number of aromatic nitrogens is 3. The third-order valence-corrected chi connectivity index (χ3v) is 1.91. The van der Waals surface area contributed by atoms with E-state index in [-0.39, 0.29) is 0 Å². The fourth-order valence-corrected chi connectivity index (χ4v) is 1.20. The Balaban J connectivity index is 2.96. The summed E-state index contributed by atoms with van der Waals surface area (Å²) in [6.07, 6.45) is 1.65. The first kappa shape index (κ1) is 6.61. The molecule has 2 heterocycles. The van der Waals surface area contributed by atoms with Gasteiger partial charge in [-0.3, -0.25) is 4.40 Å². The van der Waals surface area contributed by atoms with E-state index in [1.165, 1.54) is 0 Å². The zero-order valence-electron chi connectivity index (χ0n) is 5.95. The first-order valence-corrected chi connectivity index (χ1v) is 3.61. The third kappa shape index (κ3) is 0.886. The molecule has 4 heteroatoms. The van der Waals surface area contributed by atoms with Gasteiger partial charge in [-0.05, 0) is 19.1 Å². The van der Waals surface area contributed by atoms with Crippen LogP contribution in [-0.4, -0.2) is 14.6 Å². The van der Waals surface area contributed by atoms with E-state index in [1.54, 1.807) is 6.33 Å². The highest BCUT2D eigenvalue weighted by molar-refractivity contribution is 6.33. The third-order valence-electron chi connectivity index (χ3n) is 1.61. The normalized spacial score (nSPS) is 10.7. The molecule has 0 unspecified atom stereocenters. The highest BCUT2D eigenvalue weighted by Gasteiger charge is 2.01. The molecule has 0 atom stereocenters. The molecule has 0 bridgehead atoms. The Morgan fingerprint density at radius 1 is 1.45 bits per heavy atom. The van der Waals surface area contributed by atoms with Gasteiger partial charge in [0, 0.05) is 5.69 Å². The van der Waals surface area contributed by atoms with Crippen molar-refractivity contribution in [3.63, 3.8) is 0 Å². The maximum absolute atomic E-state index is 5.85. The van der Waals surface area contributed by atoms with Crippen LogP contribution in [0.4, 0.5) is 0 Å². The fourth-order valence-electron chi connectivity index (χ4n) is 1.00. The molecule has 0 aromatic carbocycles. The van der Waals surface area contributed by atoms with Gasteiger partial charge in [-0.2, -0.15) is 0 Å². The number of halogens is 1. The number of fused-ring (bicyclic) bond motifs is 1. The number of nitrogens with zero attached hydrogens (tertiary/aromatic N) is 3. The first-order chi connectivity index (χ1) is 5.29. The predicted octanol–water partition coefficient (Wildman–Crippen LogP) is 1.69. The summed E-state index contributed by atoms with van der Waals surface area (Å²) in [5, 5.41) is 8.24. The maximum atomic E-state index is 5.85. The molecule has 0 saturated heterocycles. The molecule has 0 fully saturated rings. The van der Waals surface area contributed by atoms with E-state index in [0.29, 0.717) is 10.7 Å². The summed E-state index contributed by atoms with van der Waals surface area (Å²) >= 11 is 5.85. The highest BCUT2D eigenvalue weighted by atomic mass is 35.5. The van der Waals surface area contributed by atoms with Crippen molar-refractivity contribution in [2.45, 2.75) is 6.92 Å². The molecule has 0 spiro atoms. The lowest BCUT2D eigenvalue weighted by Crippen LogP contribution is -1.88. The predicted molar refractivity (Wildman–Crippen MR) is 42.7 cm³/mol. The lowest BCUT2D eigenvalue weighted by Gasteiger charge is -1.97. The van der Waals surface area contributed by atoms with Crippen LogP contribution in [0.15, 0.2) is 18.5 Å². The molecule has 11 heavy (non-hydrogen) atoms. The number of pyridine rings is 1. The summed E-state index contributed by atoms with van der Waals surface area (Å²) in [4.78, 5) is 0. The second-order valence-electron chi connectivity index (χ2n) is 2.35. The SMILES string of the molecule is Cc1ccc(Cl)c2nncn12. The van der Waals surface area contributed by atoms with Crippen LogP contribution in [0.1, 0.15) is 5.69 Å². The average molecular weight is 168 g/mol. The van der Waals surface area contributed by atoms with Crippen molar-refractivity contribution in [2.24, 2.45) is 0 Å². The van der Waals surface area contributed by atoms with Crippen molar-refractivity contribution in [1.29, 1.82) is 0 Å². The number of hydrogen-bond donors (Lipinski definition) is 0. The molecule has 0 amide bonds. The van der Waals surface area contributed by atoms with Crippen molar-refractivity contribution in [1.82, 2.24) is 14.6 Å². The van der Waals surface area contributed by atoms with E-state index in [0.717, 1.165) is 5.69 Å². The summed E-state index contributed by atoms with van der Waals surface area (Å²) < 4.78 is 1.85. The fraction of sp³-hybridized carbons (Fsp3) is 0.143. The minimum Gasteiger partial charge on any atom is -0.285 e. The summed E-state index contributed by atoms with van der Waals surface area (Å²) in [5.41, 5.74) is 1.79. The second kappa shape index (κ2) is 2.20. The topological polar surface area (TPSA) is 30.2 Å². The standard InChI is InChI=1S/C7H6ClN3/c1-5-2-3-6(8)7-10-9-4-11(5)7/h2-4H,1H3. The Hall–Kier alpha value is -1.09. The molecule has 0 N–H and O–H groups in total. The Bertz CT molecular complexity index is 357. The molecular weight excluding hydrogens is 162 g/mol. The summed E-state index contributed by atoms with van der Waals surface area (Å²) in [6.45, 7) is 1.98. The summed E-state index contributed by atoms with van der Waals surface area (Å²) in [6, 6.07) is 3.75. The Morgan fingerprint density at radius 3 is 3.00 bits per heavy atom. The monoisotopic (exact) mass is 167 g/mol. The lowest BCUT2D eigenvalue weighted by atomic mass is 10.4. The number of hydrogen-bond acceptors (Lipinski definition) is 2. The molecular formula is C7H6ClN3. The highest BCUT2D eigenvalue weighted by Crippen LogP contribution is 2.15. The molecule has 0 aliphatic heterocycles. The maximum Gasteiger partial charge on any atom is 0.179 e. The molecule has 0 radical (unpaired) electrons. The van der Waals surface area contributed by atoms with Gasteiger partial charge in [0.15, 0.2) is 5.65 Å². The molecule has 0 aliphatic carbocycles. The van der Waals surface area contributed by atoms with E-state index in [4.69, 9.17) is 11.6 Å². The number of aryl methyl sites for hydroxylation is 1. The average Bonchev–Trinajstić information content (AvgIpc) is 2.45. The van der Waals surface area contributed by atoms with Gasteiger partial charge in [0.05, 0.1) is 5.02 Å². The van der Waals surface area contributed by atoms with Gasteiger partial charge in [-0.1, -0.05) is 11.6 Å². The Morgan fingerprint density at radius 2 is 2.27 bits per heavy atom. The first-order valence-electron chi connectivity index (χ1n) is 3.24. The van der Waals surface area contributed by atoms with Gasteiger partial charge in [-0.15, -0.1) is 10.2 Å². The zero-order chi connectivity index (χ0) is 7.84. The molecule has 2 aromatic rings.